The van der Waals surface area contributed by atoms with Gasteiger partial charge < -0.3 is 5.11 Å². The van der Waals surface area contributed by atoms with Crippen molar-refractivity contribution >= 4 is 27.9 Å². The van der Waals surface area contributed by atoms with E-state index < -0.39 is 22.2 Å². The van der Waals surface area contributed by atoms with Gasteiger partial charge in [0.15, 0.2) is 0 Å². The van der Waals surface area contributed by atoms with Crippen molar-refractivity contribution in [1.82, 2.24) is 9.44 Å². The average molecular weight is 268 g/mol. The van der Waals surface area contributed by atoms with Crippen LogP contribution in [0.25, 0.3) is 0 Å². The first-order chi connectivity index (χ1) is 7.44. The van der Waals surface area contributed by atoms with Crippen LogP contribution in [0.15, 0.2) is 0 Å². The molecule has 1 saturated carbocycles. The SMILES string of the molecule is CSCCC(NS(=O)(=O)NC1CC1)C(=O)O. The highest BCUT2D eigenvalue weighted by Gasteiger charge is 2.30. The van der Waals surface area contributed by atoms with Gasteiger partial charge in [0, 0.05) is 6.04 Å². The van der Waals surface area contributed by atoms with Gasteiger partial charge in [-0.3, -0.25) is 4.79 Å². The fourth-order valence-corrected chi connectivity index (χ4v) is 2.92. The van der Waals surface area contributed by atoms with Gasteiger partial charge in [0.05, 0.1) is 0 Å². The van der Waals surface area contributed by atoms with E-state index in [2.05, 4.69) is 9.44 Å². The van der Waals surface area contributed by atoms with E-state index in [0.29, 0.717) is 5.75 Å². The van der Waals surface area contributed by atoms with E-state index in [9.17, 15) is 13.2 Å². The molecule has 8 heteroatoms. The van der Waals surface area contributed by atoms with Gasteiger partial charge in [0.25, 0.3) is 10.2 Å². The second-order valence-corrected chi connectivity index (χ2v) is 6.15. The predicted octanol–water partition coefficient (Wildman–Crippen LogP) is -0.221. The molecule has 0 bridgehead atoms. The maximum Gasteiger partial charge on any atom is 0.321 e. The molecular formula is C8H16N2O4S2. The van der Waals surface area contributed by atoms with Gasteiger partial charge in [-0.2, -0.15) is 29.6 Å². The van der Waals surface area contributed by atoms with Crippen molar-refractivity contribution in [2.45, 2.75) is 31.3 Å². The Balaban J connectivity index is 2.48. The van der Waals surface area contributed by atoms with Crippen LogP contribution >= 0.6 is 11.8 Å². The van der Waals surface area contributed by atoms with Crippen molar-refractivity contribution in [3.63, 3.8) is 0 Å². The van der Waals surface area contributed by atoms with Crippen LogP contribution in [0.2, 0.25) is 0 Å². The lowest BCUT2D eigenvalue weighted by Crippen LogP contribution is -2.47. The quantitative estimate of drug-likeness (QED) is 0.565. The topological polar surface area (TPSA) is 95.5 Å². The second kappa shape index (κ2) is 5.85. The summed E-state index contributed by atoms with van der Waals surface area (Å²) in [6.07, 6.45) is 3.77. The number of hydrogen-bond acceptors (Lipinski definition) is 4. The lowest BCUT2D eigenvalue weighted by molar-refractivity contribution is -0.139. The number of hydrogen-bond donors (Lipinski definition) is 3. The van der Waals surface area contributed by atoms with Crippen molar-refractivity contribution in [1.29, 1.82) is 0 Å². The normalized spacial score (nSPS) is 18.3. The standard InChI is InChI=1S/C8H16N2O4S2/c1-15-5-4-7(8(11)12)10-16(13,14)9-6-2-3-6/h6-7,9-10H,2-5H2,1H3,(H,11,12). The smallest absolute Gasteiger partial charge is 0.321 e. The summed E-state index contributed by atoms with van der Waals surface area (Å²) < 4.78 is 27.5. The summed E-state index contributed by atoms with van der Waals surface area (Å²) in [4.78, 5) is 10.8. The molecule has 1 aliphatic carbocycles. The monoisotopic (exact) mass is 268 g/mol. The largest absolute Gasteiger partial charge is 0.480 e. The summed E-state index contributed by atoms with van der Waals surface area (Å²) in [5.74, 6) is -0.543. The van der Waals surface area contributed by atoms with E-state index in [1.165, 1.54) is 11.8 Å². The lowest BCUT2D eigenvalue weighted by Gasteiger charge is -2.14. The Morgan fingerprint density at radius 2 is 2.19 bits per heavy atom. The third-order valence-corrected chi connectivity index (χ3v) is 3.99. The summed E-state index contributed by atoms with van der Waals surface area (Å²) in [5, 5.41) is 8.85. The summed E-state index contributed by atoms with van der Waals surface area (Å²) in [6.45, 7) is 0. The average Bonchev–Trinajstić information content (AvgIpc) is 2.94. The minimum atomic E-state index is -3.68. The zero-order chi connectivity index (χ0) is 12.2. The number of rotatable bonds is 8. The lowest BCUT2D eigenvalue weighted by atomic mass is 10.2. The molecule has 0 saturated heterocycles. The van der Waals surface area contributed by atoms with Gasteiger partial charge in [-0.25, -0.2) is 0 Å². The third-order valence-electron chi connectivity index (χ3n) is 2.11. The first-order valence-corrected chi connectivity index (χ1v) is 7.83. The van der Waals surface area contributed by atoms with Gasteiger partial charge in [-0.05, 0) is 31.3 Å². The van der Waals surface area contributed by atoms with Crippen LogP contribution in [0.4, 0.5) is 0 Å². The Labute approximate surface area is 99.4 Å². The third kappa shape index (κ3) is 5.15. The van der Waals surface area contributed by atoms with Crippen molar-refractivity contribution in [3.8, 4) is 0 Å². The molecule has 1 aliphatic rings. The van der Waals surface area contributed by atoms with Crippen molar-refractivity contribution in [3.05, 3.63) is 0 Å². The summed E-state index contributed by atoms with van der Waals surface area (Å²) in [7, 11) is -3.68. The van der Waals surface area contributed by atoms with E-state index in [1.54, 1.807) is 0 Å². The number of aliphatic carboxylic acids is 1. The minimum Gasteiger partial charge on any atom is -0.480 e. The second-order valence-electron chi connectivity index (χ2n) is 3.69. The van der Waals surface area contributed by atoms with E-state index >= 15 is 0 Å². The molecule has 0 amide bonds. The Morgan fingerprint density at radius 1 is 1.56 bits per heavy atom. The highest BCUT2D eigenvalue weighted by atomic mass is 32.2. The maximum absolute atomic E-state index is 11.5. The van der Waals surface area contributed by atoms with Crippen LogP contribution in [0.5, 0.6) is 0 Å². The first-order valence-electron chi connectivity index (χ1n) is 4.96. The van der Waals surface area contributed by atoms with Crippen LogP contribution in [-0.4, -0.2) is 43.6 Å². The number of thioether (sulfide) groups is 1. The van der Waals surface area contributed by atoms with Crippen LogP contribution in [-0.2, 0) is 15.0 Å². The Morgan fingerprint density at radius 3 is 2.62 bits per heavy atom. The van der Waals surface area contributed by atoms with Crippen LogP contribution < -0.4 is 9.44 Å². The summed E-state index contributed by atoms with van der Waals surface area (Å²) in [6, 6.07) is -1.07. The molecule has 16 heavy (non-hydrogen) atoms. The molecule has 94 valence electrons. The Bertz CT molecular complexity index is 340. The van der Waals surface area contributed by atoms with E-state index in [4.69, 9.17) is 5.11 Å². The molecule has 0 aromatic heterocycles. The van der Waals surface area contributed by atoms with E-state index in [0.717, 1.165) is 12.8 Å². The van der Waals surface area contributed by atoms with Crippen molar-refractivity contribution in [2.75, 3.05) is 12.0 Å². The fourth-order valence-electron chi connectivity index (χ4n) is 1.11. The molecule has 1 fully saturated rings. The highest BCUT2D eigenvalue weighted by molar-refractivity contribution is 7.98. The molecule has 0 aromatic carbocycles. The Kier molecular flexibility index (Phi) is 5.03. The zero-order valence-electron chi connectivity index (χ0n) is 8.97. The molecule has 0 aliphatic heterocycles. The number of carbonyl (C=O) groups is 1. The predicted molar refractivity (Wildman–Crippen MR) is 62.6 cm³/mol. The first kappa shape index (κ1) is 13.8. The number of carboxylic acids is 1. The van der Waals surface area contributed by atoms with Crippen LogP contribution in [0, 0.1) is 0 Å². The number of carboxylic acid groups (broad SMARTS) is 1. The molecule has 1 atom stereocenters. The molecule has 6 nitrogen and oxygen atoms in total. The molecule has 0 heterocycles. The fraction of sp³-hybridized carbons (Fsp3) is 0.875. The van der Waals surface area contributed by atoms with Gasteiger partial charge in [-0.1, -0.05) is 0 Å². The van der Waals surface area contributed by atoms with E-state index in [-0.39, 0.29) is 12.5 Å². The maximum atomic E-state index is 11.5. The molecular weight excluding hydrogens is 252 g/mol. The summed E-state index contributed by atoms with van der Waals surface area (Å²) >= 11 is 1.48. The summed E-state index contributed by atoms with van der Waals surface area (Å²) in [5.41, 5.74) is 0. The molecule has 1 unspecified atom stereocenters. The number of nitrogens with one attached hydrogen (secondary N) is 2. The van der Waals surface area contributed by atoms with Crippen LogP contribution in [0.3, 0.4) is 0 Å². The zero-order valence-corrected chi connectivity index (χ0v) is 10.6. The van der Waals surface area contributed by atoms with Crippen molar-refractivity contribution < 1.29 is 18.3 Å². The van der Waals surface area contributed by atoms with Gasteiger partial charge in [0.2, 0.25) is 0 Å². The Hall–Kier alpha value is -0.310. The minimum absolute atomic E-state index is 0.0208. The van der Waals surface area contributed by atoms with Gasteiger partial charge in [0.1, 0.15) is 6.04 Å². The van der Waals surface area contributed by atoms with Crippen molar-refractivity contribution in [2.24, 2.45) is 0 Å². The van der Waals surface area contributed by atoms with Crippen LogP contribution in [0.1, 0.15) is 19.3 Å². The molecule has 0 spiro atoms. The molecule has 1 rings (SSSR count). The molecule has 0 radical (unpaired) electrons. The highest BCUT2D eigenvalue weighted by Crippen LogP contribution is 2.19. The van der Waals surface area contributed by atoms with Gasteiger partial charge >= 0.3 is 5.97 Å². The molecule has 0 aromatic rings. The molecule has 3 N–H and O–H groups in total. The van der Waals surface area contributed by atoms with E-state index in [1.807, 2.05) is 6.26 Å². The van der Waals surface area contributed by atoms with Gasteiger partial charge in [-0.15, -0.1) is 0 Å².